The topological polar surface area (TPSA) is 66.2 Å². The molecule has 0 saturated carbocycles. The molecule has 2 aromatic rings. The fraction of sp³-hybridized carbons (Fsp3) is 0.333. The van der Waals surface area contributed by atoms with Crippen LogP contribution in [0.5, 0.6) is 0 Å². The molecule has 0 amide bonds. The van der Waals surface area contributed by atoms with Crippen molar-refractivity contribution in [1.29, 1.82) is 0 Å². The van der Waals surface area contributed by atoms with E-state index in [1.165, 1.54) is 23.9 Å². The van der Waals surface area contributed by atoms with Crippen LogP contribution >= 0.6 is 22.9 Å². The minimum atomic E-state index is -0.925. The molecule has 4 nitrogen and oxygen atoms in total. The summed E-state index contributed by atoms with van der Waals surface area (Å²) in [6.07, 6.45) is 1.94. The number of thiophene rings is 1. The summed E-state index contributed by atoms with van der Waals surface area (Å²) in [6, 6.07) is 1.76. The molecular formula is C12H13ClN2O2S. The van der Waals surface area contributed by atoms with Crippen molar-refractivity contribution in [2.75, 3.05) is 0 Å². The van der Waals surface area contributed by atoms with Gasteiger partial charge in [0.05, 0.1) is 5.60 Å². The third-order valence-corrected chi connectivity index (χ3v) is 3.88. The minimum Gasteiger partial charge on any atom is -0.386 e. The smallest absolute Gasteiger partial charge is 0.138 e. The molecule has 18 heavy (non-hydrogen) atoms. The van der Waals surface area contributed by atoms with Crippen molar-refractivity contribution < 1.29 is 10.2 Å². The van der Waals surface area contributed by atoms with Gasteiger partial charge in [0.15, 0.2) is 0 Å². The highest BCUT2D eigenvalue weighted by Gasteiger charge is 2.22. The van der Waals surface area contributed by atoms with Gasteiger partial charge >= 0.3 is 0 Å². The van der Waals surface area contributed by atoms with Crippen LogP contribution in [-0.2, 0) is 5.60 Å². The molecule has 2 heterocycles. The van der Waals surface area contributed by atoms with Gasteiger partial charge < -0.3 is 10.2 Å². The highest BCUT2D eigenvalue weighted by atomic mass is 35.5. The zero-order chi connectivity index (χ0) is 13.3. The van der Waals surface area contributed by atoms with E-state index in [1.54, 1.807) is 19.9 Å². The van der Waals surface area contributed by atoms with Gasteiger partial charge in [0.2, 0.25) is 0 Å². The van der Waals surface area contributed by atoms with E-state index in [-0.39, 0.29) is 5.15 Å². The van der Waals surface area contributed by atoms with E-state index in [1.807, 2.05) is 5.38 Å². The van der Waals surface area contributed by atoms with Gasteiger partial charge in [0.1, 0.15) is 17.6 Å². The van der Waals surface area contributed by atoms with Gasteiger partial charge in [0.25, 0.3) is 0 Å². The van der Waals surface area contributed by atoms with Gasteiger partial charge in [-0.15, -0.1) is 11.3 Å². The van der Waals surface area contributed by atoms with Crippen LogP contribution < -0.4 is 0 Å². The van der Waals surface area contributed by atoms with E-state index in [0.29, 0.717) is 10.4 Å². The van der Waals surface area contributed by atoms with E-state index in [0.717, 1.165) is 5.56 Å². The van der Waals surface area contributed by atoms with Crippen molar-refractivity contribution in [3.05, 3.63) is 45.1 Å². The number of aliphatic hydroxyl groups excluding tert-OH is 1. The summed E-state index contributed by atoms with van der Waals surface area (Å²) in [6.45, 7) is 3.40. The Morgan fingerprint density at radius 2 is 2.17 bits per heavy atom. The quantitative estimate of drug-likeness (QED) is 0.850. The highest BCUT2D eigenvalue weighted by Crippen LogP contribution is 2.33. The lowest BCUT2D eigenvalue weighted by atomic mass is 10.0. The van der Waals surface area contributed by atoms with Crippen LogP contribution in [0.15, 0.2) is 24.0 Å². The number of rotatable bonds is 3. The van der Waals surface area contributed by atoms with Crippen LogP contribution in [0.25, 0.3) is 0 Å². The van der Waals surface area contributed by atoms with Gasteiger partial charge in [-0.2, -0.15) is 0 Å². The first-order valence-electron chi connectivity index (χ1n) is 5.34. The first-order valence-corrected chi connectivity index (χ1v) is 6.60. The summed E-state index contributed by atoms with van der Waals surface area (Å²) in [7, 11) is 0. The van der Waals surface area contributed by atoms with E-state index >= 15 is 0 Å². The van der Waals surface area contributed by atoms with Gasteiger partial charge in [-0.05, 0) is 30.9 Å². The van der Waals surface area contributed by atoms with Gasteiger partial charge in [0, 0.05) is 16.6 Å². The average molecular weight is 285 g/mol. The molecule has 0 radical (unpaired) electrons. The lowest BCUT2D eigenvalue weighted by Crippen LogP contribution is -2.14. The van der Waals surface area contributed by atoms with Gasteiger partial charge in [-0.25, -0.2) is 9.97 Å². The predicted molar refractivity (Wildman–Crippen MR) is 70.7 cm³/mol. The van der Waals surface area contributed by atoms with Crippen LogP contribution in [0.2, 0.25) is 5.15 Å². The standard InChI is InChI=1S/C12H13ClN2O2S/c1-12(2,17)7-3-9(18-5-7)10(16)8-4-14-6-15-11(8)13/h3-6,10,16-17H,1-2H3. The molecular weight excluding hydrogens is 272 g/mol. The van der Waals surface area contributed by atoms with Crippen molar-refractivity contribution >= 4 is 22.9 Å². The van der Waals surface area contributed by atoms with E-state index < -0.39 is 11.7 Å². The Balaban J connectivity index is 2.33. The third-order valence-electron chi connectivity index (χ3n) is 2.58. The summed E-state index contributed by atoms with van der Waals surface area (Å²) < 4.78 is 0. The van der Waals surface area contributed by atoms with Gasteiger partial charge in [-0.1, -0.05) is 11.6 Å². The molecule has 0 fully saturated rings. The van der Waals surface area contributed by atoms with Crippen LogP contribution in [0.4, 0.5) is 0 Å². The molecule has 0 aliphatic heterocycles. The Labute approximate surface area is 114 Å². The second-order valence-electron chi connectivity index (χ2n) is 4.47. The molecule has 96 valence electrons. The minimum absolute atomic E-state index is 0.232. The second kappa shape index (κ2) is 4.93. The summed E-state index contributed by atoms with van der Waals surface area (Å²) >= 11 is 7.27. The van der Waals surface area contributed by atoms with Crippen LogP contribution in [0.1, 0.15) is 36.0 Å². The molecule has 0 aromatic carbocycles. The van der Waals surface area contributed by atoms with Crippen molar-refractivity contribution in [3.8, 4) is 0 Å². The largest absolute Gasteiger partial charge is 0.386 e. The molecule has 0 saturated heterocycles. The fourth-order valence-corrected chi connectivity index (χ4v) is 2.75. The number of hydrogen-bond donors (Lipinski definition) is 2. The lowest BCUT2D eigenvalue weighted by Gasteiger charge is -2.15. The number of aromatic nitrogens is 2. The summed E-state index contributed by atoms with van der Waals surface area (Å²) in [4.78, 5) is 8.38. The molecule has 1 atom stereocenters. The van der Waals surface area contributed by atoms with Crippen molar-refractivity contribution in [1.82, 2.24) is 9.97 Å². The first kappa shape index (κ1) is 13.4. The summed E-state index contributed by atoms with van der Waals surface area (Å²) in [5, 5.41) is 22.1. The molecule has 1 unspecified atom stereocenters. The first-order chi connectivity index (χ1) is 8.39. The lowest BCUT2D eigenvalue weighted by molar-refractivity contribution is 0.0789. The Morgan fingerprint density at radius 1 is 1.44 bits per heavy atom. The normalized spacial score (nSPS) is 13.6. The van der Waals surface area contributed by atoms with Crippen molar-refractivity contribution in [2.24, 2.45) is 0 Å². The number of nitrogens with zero attached hydrogens (tertiary/aromatic N) is 2. The molecule has 2 aromatic heterocycles. The van der Waals surface area contributed by atoms with Crippen LogP contribution in [0, 0.1) is 0 Å². The molecule has 2 N–H and O–H groups in total. The zero-order valence-corrected chi connectivity index (χ0v) is 11.5. The number of aliphatic hydroxyl groups is 2. The van der Waals surface area contributed by atoms with E-state index in [2.05, 4.69) is 9.97 Å². The maximum atomic E-state index is 10.2. The molecule has 2 rings (SSSR count). The average Bonchev–Trinajstić information content (AvgIpc) is 2.77. The highest BCUT2D eigenvalue weighted by molar-refractivity contribution is 7.10. The predicted octanol–water partition coefficient (Wildman–Crippen LogP) is 2.50. The molecule has 0 bridgehead atoms. The number of halogens is 1. The molecule has 6 heteroatoms. The Bertz CT molecular complexity index is 551. The maximum absolute atomic E-state index is 10.2. The zero-order valence-electron chi connectivity index (χ0n) is 9.96. The van der Waals surface area contributed by atoms with Crippen LogP contribution in [0.3, 0.4) is 0 Å². The Kier molecular flexibility index (Phi) is 3.68. The van der Waals surface area contributed by atoms with Crippen LogP contribution in [-0.4, -0.2) is 20.2 Å². The maximum Gasteiger partial charge on any atom is 0.138 e. The Hall–Kier alpha value is -1.01. The summed E-state index contributed by atoms with van der Waals surface area (Å²) in [5.74, 6) is 0. The van der Waals surface area contributed by atoms with Gasteiger partial charge in [-0.3, -0.25) is 0 Å². The fourth-order valence-electron chi connectivity index (χ4n) is 1.48. The van der Waals surface area contributed by atoms with E-state index in [4.69, 9.17) is 11.6 Å². The van der Waals surface area contributed by atoms with E-state index in [9.17, 15) is 10.2 Å². The number of hydrogen-bond acceptors (Lipinski definition) is 5. The van der Waals surface area contributed by atoms with Crippen molar-refractivity contribution in [2.45, 2.75) is 25.6 Å². The third kappa shape index (κ3) is 2.70. The monoisotopic (exact) mass is 284 g/mol. The molecule has 0 aliphatic rings. The Morgan fingerprint density at radius 3 is 2.72 bits per heavy atom. The SMILES string of the molecule is CC(C)(O)c1csc(C(O)c2cncnc2Cl)c1. The van der Waals surface area contributed by atoms with Crippen molar-refractivity contribution in [3.63, 3.8) is 0 Å². The molecule has 0 aliphatic carbocycles. The molecule has 0 spiro atoms. The summed E-state index contributed by atoms with van der Waals surface area (Å²) in [5.41, 5.74) is 0.295. The second-order valence-corrected chi connectivity index (χ2v) is 5.77.